The molecule has 2 aromatic carbocycles. The Labute approximate surface area is 180 Å². The SMILES string of the molecule is COc1ccc(/C=N\NC(=O)C2CCN(S(=O)(=O)c3ccc(F)cc3)CC2)c(OC)c1. The minimum Gasteiger partial charge on any atom is -0.497 e. The predicted octanol–water partition coefficient (Wildman–Crippen LogP) is 2.39. The summed E-state index contributed by atoms with van der Waals surface area (Å²) < 4.78 is 50.1. The van der Waals surface area contributed by atoms with E-state index in [1.807, 2.05) is 0 Å². The number of sulfonamides is 1. The third-order valence-corrected chi connectivity index (χ3v) is 7.01. The Kier molecular flexibility index (Phi) is 7.24. The van der Waals surface area contributed by atoms with Crippen LogP contribution in [0.1, 0.15) is 18.4 Å². The second-order valence-electron chi connectivity index (χ2n) is 6.97. The van der Waals surface area contributed by atoms with E-state index in [-0.39, 0.29) is 29.8 Å². The number of benzene rings is 2. The number of hydrogen-bond acceptors (Lipinski definition) is 6. The molecule has 10 heteroatoms. The number of nitrogens with one attached hydrogen (secondary N) is 1. The molecular formula is C21H24FN3O5S. The Morgan fingerprint density at radius 1 is 1.13 bits per heavy atom. The maximum absolute atomic E-state index is 13.1. The van der Waals surface area contributed by atoms with Crippen LogP contribution in [0.3, 0.4) is 0 Å². The molecular weight excluding hydrogens is 425 g/mol. The van der Waals surface area contributed by atoms with Crippen molar-refractivity contribution in [3.8, 4) is 11.5 Å². The number of rotatable bonds is 7. The molecule has 8 nitrogen and oxygen atoms in total. The van der Waals surface area contributed by atoms with Crippen molar-refractivity contribution in [1.82, 2.24) is 9.73 Å². The summed E-state index contributed by atoms with van der Waals surface area (Å²) >= 11 is 0. The first kappa shape index (κ1) is 22.7. The molecule has 0 radical (unpaired) electrons. The molecule has 1 N–H and O–H groups in total. The number of hydrazone groups is 1. The Bertz CT molecular complexity index is 1050. The molecule has 2 aromatic rings. The highest BCUT2D eigenvalue weighted by molar-refractivity contribution is 7.89. The Morgan fingerprint density at radius 2 is 1.81 bits per heavy atom. The smallest absolute Gasteiger partial charge is 0.243 e. The first-order valence-electron chi connectivity index (χ1n) is 9.66. The highest BCUT2D eigenvalue weighted by Gasteiger charge is 2.32. The standard InChI is InChI=1S/C21H24FN3O5S/c1-29-18-6-3-16(20(13-18)30-2)14-23-24-21(26)15-9-11-25(12-10-15)31(27,28)19-7-4-17(22)5-8-19/h3-8,13-15H,9-12H2,1-2H3,(H,24,26)/b23-14-. The van der Waals surface area contributed by atoms with E-state index in [9.17, 15) is 17.6 Å². The number of nitrogens with zero attached hydrogens (tertiary/aromatic N) is 2. The lowest BCUT2D eigenvalue weighted by Crippen LogP contribution is -2.42. The highest BCUT2D eigenvalue weighted by Crippen LogP contribution is 2.25. The molecule has 166 valence electrons. The van der Waals surface area contributed by atoms with Gasteiger partial charge in [-0.15, -0.1) is 0 Å². The number of amides is 1. The van der Waals surface area contributed by atoms with E-state index in [1.54, 1.807) is 25.3 Å². The van der Waals surface area contributed by atoms with E-state index in [0.717, 1.165) is 12.1 Å². The van der Waals surface area contributed by atoms with E-state index in [1.165, 1.54) is 29.8 Å². The summed E-state index contributed by atoms with van der Waals surface area (Å²) in [6.07, 6.45) is 2.21. The predicted molar refractivity (Wildman–Crippen MR) is 113 cm³/mol. The third-order valence-electron chi connectivity index (χ3n) is 5.10. The maximum Gasteiger partial charge on any atom is 0.243 e. The van der Waals surface area contributed by atoms with Crippen LogP contribution in [0.5, 0.6) is 11.5 Å². The van der Waals surface area contributed by atoms with Gasteiger partial charge in [0.15, 0.2) is 0 Å². The van der Waals surface area contributed by atoms with E-state index in [2.05, 4.69) is 10.5 Å². The summed E-state index contributed by atoms with van der Waals surface area (Å²) in [7, 11) is -0.632. The molecule has 1 aliphatic rings. The summed E-state index contributed by atoms with van der Waals surface area (Å²) in [6.45, 7) is 0.404. The van der Waals surface area contributed by atoms with Gasteiger partial charge in [0.1, 0.15) is 17.3 Å². The lowest BCUT2D eigenvalue weighted by molar-refractivity contribution is -0.126. The maximum atomic E-state index is 13.1. The zero-order chi connectivity index (χ0) is 22.4. The van der Waals surface area contributed by atoms with Crippen LogP contribution in [0, 0.1) is 11.7 Å². The molecule has 0 aliphatic carbocycles. The number of halogens is 1. The highest BCUT2D eigenvalue weighted by atomic mass is 32.2. The van der Waals surface area contributed by atoms with E-state index in [4.69, 9.17) is 9.47 Å². The van der Waals surface area contributed by atoms with Crippen LogP contribution in [0.25, 0.3) is 0 Å². The van der Waals surface area contributed by atoms with Crippen molar-refractivity contribution in [3.05, 3.63) is 53.8 Å². The van der Waals surface area contributed by atoms with Gasteiger partial charge in [-0.25, -0.2) is 18.2 Å². The third kappa shape index (κ3) is 5.39. The van der Waals surface area contributed by atoms with Gasteiger partial charge in [-0.05, 0) is 49.2 Å². The van der Waals surface area contributed by atoms with Crippen molar-refractivity contribution < 1.29 is 27.1 Å². The number of carbonyl (C=O) groups is 1. The first-order chi connectivity index (χ1) is 14.8. The normalized spacial score (nSPS) is 15.7. The van der Waals surface area contributed by atoms with Gasteiger partial charge in [-0.1, -0.05) is 0 Å². The largest absolute Gasteiger partial charge is 0.497 e. The van der Waals surface area contributed by atoms with Gasteiger partial charge in [-0.2, -0.15) is 9.41 Å². The average Bonchev–Trinajstić information content (AvgIpc) is 2.79. The lowest BCUT2D eigenvalue weighted by atomic mass is 9.98. The fraction of sp³-hybridized carbons (Fsp3) is 0.333. The fourth-order valence-electron chi connectivity index (χ4n) is 3.30. The number of hydrogen-bond donors (Lipinski definition) is 1. The number of methoxy groups -OCH3 is 2. The van der Waals surface area contributed by atoms with Crippen molar-refractivity contribution in [2.75, 3.05) is 27.3 Å². The molecule has 0 aromatic heterocycles. The molecule has 1 fully saturated rings. The quantitative estimate of drug-likeness (QED) is 0.517. The van der Waals surface area contributed by atoms with Crippen LogP contribution in [0.2, 0.25) is 0 Å². The first-order valence-corrected chi connectivity index (χ1v) is 11.1. The lowest BCUT2D eigenvalue weighted by Gasteiger charge is -2.30. The van der Waals surface area contributed by atoms with Crippen LogP contribution >= 0.6 is 0 Å². The van der Waals surface area contributed by atoms with Crippen LogP contribution in [-0.2, 0) is 14.8 Å². The fourth-order valence-corrected chi connectivity index (χ4v) is 4.77. The summed E-state index contributed by atoms with van der Waals surface area (Å²) in [4.78, 5) is 12.5. The van der Waals surface area contributed by atoms with Gasteiger partial charge in [0.2, 0.25) is 15.9 Å². The zero-order valence-corrected chi connectivity index (χ0v) is 18.1. The van der Waals surface area contributed by atoms with Crippen LogP contribution in [0.4, 0.5) is 4.39 Å². The average molecular weight is 450 g/mol. The van der Waals surface area contributed by atoms with E-state index < -0.39 is 15.8 Å². The summed E-state index contributed by atoms with van der Waals surface area (Å²) in [5.41, 5.74) is 3.18. The number of ether oxygens (including phenoxy) is 2. The molecule has 0 unspecified atom stereocenters. The monoisotopic (exact) mass is 449 g/mol. The van der Waals surface area contributed by atoms with Crippen molar-refractivity contribution in [2.45, 2.75) is 17.7 Å². The van der Waals surface area contributed by atoms with Gasteiger partial charge in [-0.3, -0.25) is 4.79 Å². The van der Waals surface area contributed by atoms with Gasteiger partial charge < -0.3 is 9.47 Å². The van der Waals surface area contributed by atoms with Crippen LogP contribution < -0.4 is 14.9 Å². The van der Waals surface area contributed by atoms with Crippen molar-refractivity contribution in [3.63, 3.8) is 0 Å². The molecule has 1 saturated heterocycles. The minimum absolute atomic E-state index is 0.0369. The molecule has 1 aliphatic heterocycles. The van der Waals surface area contributed by atoms with Gasteiger partial charge >= 0.3 is 0 Å². The summed E-state index contributed by atoms with van der Waals surface area (Å²) in [5.74, 6) is 0.0660. The zero-order valence-electron chi connectivity index (χ0n) is 17.2. The molecule has 0 bridgehead atoms. The molecule has 3 rings (SSSR count). The van der Waals surface area contributed by atoms with E-state index >= 15 is 0 Å². The second kappa shape index (κ2) is 9.88. The summed E-state index contributed by atoms with van der Waals surface area (Å²) in [6, 6.07) is 9.93. The van der Waals surface area contributed by atoms with E-state index in [0.29, 0.717) is 29.9 Å². The number of piperidine rings is 1. The van der Waals surface area contributed by atoms with Crippen LogP contribution in [0.15, 0.2) is 52.5 Å². The van der Waals surface area contributed by atoms with Crippen molar-refractivity contribution in [1.29, 1.82) is 0 Å². The van der Waals surface area contributed by atoms with Crippen molar-refractivity contribution >= 4 is 22.1 Å². The molecule has 0 atom stereocenters. The minimum atomic E-state index is -3.71. The Morgan fingerprint density at radius 3 is 2.42 bits per heavy atom. The summed E-state index contributed by atoms with van der Waals surface area (Å²) in [5, 5.41) is 3.99. The van der Waals surface area contributed by atoms with Gasteiger partial charge in [0, 0.05) is 30.6 Å². The second-order valence-corrected chi connectivity index (χ2v) is 8.91. The molecule has 1 heterocycles. The van der Waals surface area contributed by atoms with Gasteiger partial charge in [0.25, 0.3) is 0 Å². The topological polar surface area (TPSA) is 97.3 Å². The molecule has 0 spiro atoms. The molecule has 31 heavy (non-hydrogen) atoms. The van der Waals surface area contributed by atoms with Gasteiger partial charge in [0.05, 0.1) is 25.3 Å². The Hall–Kier alpha value is -2.98. The molecule has 0 saturated carbocycles. The molecule has 1 amide bonds. The Balaban J connectivity index is 1.56. The number of carbonyl (C=O) groups excluding carboxylic acids is 1. The van der Waals surface area contributed by atoms with Crippen molar-refractivity contribution in [2.24, 2.45) is 11.0 Å². The van der Waals surface area contributed by atoms with Crippen LogP contribution in [-0.4, -0.2) is 52.2 Å².